The number of hydrogen-bond acceptors (Lipinski definition) is 3. The first-order valence-corrected chi connectivity index (χ1v) is 6.66. The molecule has 1 aromatic carbocycles. The molecule has 106 valence electrons. The van der Waals surface area contributed by atoms with Crippen molar-refractivity contribution in [3.05, 3.63) is 30.0 Å². The van der Waals surface area contributed by atoms with E-state index >= 15 is 0 Å². The molecule has 1 heterocycles. The zero-order valence-corrected chi connectivity index (χ0v) is 11.7. The number of amides is 2. The fourth-order valence-corrected chi connectivity index (χ4v) is 1.80. The SMILES string of the molecule is CC(Cl)C(=O)NCCNC(=O)c1n[nH]c2ccccc12. The van der Waals surface area contributed by atoms with Crippen molar-refractivity contribution < 1.29 is 9.59 Å². The van der Waals surface area contributed by atoms with Crippen LogP contribution >= 0.6 is 11.6 Å². The molecule has 6 nitrogen and oxygen atoms in total. The predicted octanol–water partition coefficient (Wildman–Crippen LogP) is 1.04. The second kappa shape index (κ2) is 6.38. The van der Waals surface area contributed by atoms with Gasteiger partial charge in [0.1, 0.15) is 5.38 Å². The summed E-state index contributed by atoms with van der Waals surface area (Å²) in [5.41, 5.74) is 1.15. The third kappa shape index (κ3) is 3.27. The van der Waals surface area contributed by atoms with Crippen molar-refractivity contribution >= 4 is 34.3 Å². The summed E-state index contributed by atoms with van der Waals surface area (Å²) >= 11 is 5.60. The minimum Gasteiger partial charge on any atom is -0.353 e. The number of halogens is 1. The van der Waals surface area contributed by atoms with E-state index in [4.69, 9.17) is 11.6 Å². The number of aromatic amines is 1. The summed E-state index contributed by atoms with van der Waals surface area (Å²) in [7, 11) is 0. The van der Waals surface area contributed by atoms with Crippen LogP contribution in [0.2, 0.25) is 0 Å². The van der Waals surface area contributed by atoms with Crippen LogP contribution in [0.4, 0.5) is 0 Å². The first-order valence-electron chi connectivity index (χ1n) is 6.22. The highest BCUT2D eigenvalue weighted by Gasteiger charge is 2.13. The van der Waals surface area contributed by atoms with Crippen LogP contribution in [0.15, 0.2) is 24.3 Å². The van der Waals surface area contributed by atoms with Crippen LogP contribution in [0.5, 0.6) is 0 Å². The number of nitrogens with one attached hydrogen (secondary N) is 3. The number of carbonyl (C=O) groups excluding carboxylic acids is 2. The molecule has 0 saturated carbocycles. The second-order valence-electron chi connectivity index (χ2n) is 4.28. The summed E-state index contributed by atoms with van der Waals surface area (Å²) in [6, 6.07) is 7.38. The highest BCUT2D eigenvalue weighted by Crippen LogP contribution is 2.14. The van der Waals surface area contributed by atoms with E-state index in [0.717, 1.165) is 10.9 Å². The van der Waals surface area contributed by atoms with Gasteiger partial charge in [0, 0.05) is 18.5 Å². The Balaban J connectivity index is 1.88. The maximum atomic E-state index is 12.0. The molecule has 0 radical (unpaired) electrons. The van der Waals surface area contributed by atoms with E-state index in [1.807, 2.05) is 24.3 Å². The highest BCUT2D eigenvalue weighted by atomic mass is 35.5. The van der Waals surface area contributed by atoms with Gasteiger partial charge in [-0.15, -0.1) is 11.6 Å². The van der Waals surface area contributed by atoms with Crippen molar-refractivity contribution in [2.75, 3.05) is 13.1 Å². The molecule has 0 aliphatic heterocycles. The molecule has 7 heteroatoms. The monoisotopic (exact) mass is 294 g/mol. The standard InChI is InChI=1S/C13H15ClN4O2/c1-8(14)12(19)15-6-7-16-13(20)11-9-4-2-3-5-10(9)17-18-11/h2-5,8H,6-7H2,1H3,(H,15,19)(H,16,20)(H,17,18). The fourth-order valence-electron chi connectivity index (χ4n) is 1.72. The van der Waals surface area contributed by atoms with Crippen LogP contribution < -0.4 is 10.6 Å². The van der Waals surface area contributed by atoms with Crippen LogP contribution in [0.1, 0.15) is 17.4 Å². The summed E-state index contributed by atoms with van der Waals surface area (Å²) in [5, 5.41) is 12.3. The number of benzene rings is 1. The van der Waals surface area contributed by atoms with Crippen molar-refractivity contribution in [2.24, 2.45) is 0 Å². The summed E-state index contributed by atoms with van der Waals surface area (Å²) in [6.07, 6.45) is 0. The fraction of sp³-hybridized carbons (Fsp3) is 0.308. The Labute approximate surface area is 120 Å². The van der Waals surface area contributed by atoms with Gasteiger partial charge in [0.25, 0.3) is 5.91 Å². The van der Waals surface area contributed by atoms with Gasteiger partial charge in [-0.25, -0.2) is 0 Å². The Morgan fingerprint density at radius 2 is 2.00 bits per heavy atom. The van der Waals surface area contributed by atoms with E-state index in [-0.39, 0.29) is 11.8 Å². The number of nitrogens with zero attached hydrogens (tertiary/aromatic N) is 1. The lowest BCUT2D eigenvalue weighted by Gasteiger charge is -2.07. The first-order chi connectivity index (χ1) is 9.59. The zero-order chi connectivity index (χ0) is 14.5. The van der Waals surface area contributed by atoms with Crippen LogP contribution in [0, 0.1) is 0 Å². The molecule has 2 aromatic rings. The van der Waals surface area contributed by atoms with E-state index in [2.05, 4.69) is 20.8 Å². The lowest BCUT2D eigenvalue weighted by Crippen LogP contribution is -2.37. The van der Waals surface area contributed by atoms with E-state index in [9.17, 15) is 9.59 Å². The Bertz CT molecular complexity index is 624. The molecule has 0 spiro atoms. The number of carbonyl (C=O) groups is 2. The minimum atomic E-state index is -0.582. The van der Waals surface area contributed by atoms with E-state index in [1.54, 1.807) is 6.92 Å². The maximum absolute atomic E-state index is 12.0. The molecule has 2 amide bonds. The molecule has 3 N–H and O–H groups in total. The Morgan fingerprint density at radius 3 is 2.75 bits per heavy atom. The van der Waals surface area contributed by atoms with Crippen molar-refractivity contribution in [2.45, 2.75) is 12.3 Å². The average Bonchev–Trinajstić information content (AvgIpc) is 2.87. The lowest BCUT2D eigenvalue weighted by molar-refractivity contribution is -0.120. The second-order valence-corrected chi connectivity index (χ2v) is 4.94. The molecular formula is C13H15ClN4O2. The Morgan fingerprint density at radius 1 is 1.30 bits per heavy atom. The predicted molar refractivity (Wildman–Crippen MR) is 76.8 cm³/mol. The van der Waals surface area contributed by atoms with Crippen molar-refractivity contribution in [1.29, 1.82) is 0 Å². The van der Waals surface area contributed by atoms with E-state index in [1.165, 1.54) is 0 Å². The van der Waals surface area contributed by atoms with Crippen molar-refractivity contribution in [3.63, 3.8) is 0 Å². The molecule has 1 atom stereocenters. The molecule has 20 heavy (non-hydrogen) atoms. The Hall–Kier alpha value is -2.08. The summed E-state index contributed by atoms with van der Waals surface area (Å²) in [6.45, 7) is 2.23. The molecule has 0 bridgehead atoms. The number of aromatic nitrogens is 2. The third-order valence-corrected chi connectivity index (χ3v) is 2.95. The zero-order valence-electron chi connectivity index (χ0n) is 10.9. The summed E-state index contributed by atoms with van der Waals surface area (Å²) in [4.78, 5) is 23.2. The van der Waals surface area contributed by atoms with Gasteiger partial charge >= 0.3 is 0 Å². The largest absolute Gasteiger partial charge is 0.353 e. The van der Waals surface area contributed by atoms with Gasteiger partial charge in [-0.05, 0) is 13.0 Å². The number of alkyl halides is 1. The highest BCUT2D eigenvalue weighted by molar-refractivity contribution is 6.30. The summed E-state index contributed by atoms with van der Waals surface area (Å²) in [5.74, 6) is -0.540. The van der Waals surface area contributed by atoms with Crippen LogP contribution in [-0.4, -0.2) is 40.5 Å². The first kappa shape index (κ1) is 14.3. The van der Waals surface area contributed by atoms with Gasteiger partial charge in [-0.2, -0.15) is 5.10 Å². The van der Waals surface area contributed by atoms with Gasteiger partial charge in [-0.3, -0.25) is 14.7 Å². The van der Waals surface area contributed by atoms with Crippen molar-refractivity contribution in [1.82, 2.24) is 20.8 Å². The molecule has 0 aliphatic rings. The molecule has 1 unspecified atom stereocenters. The van der Waals surface area contributed by atoms with Gasteiger partial charge < -0.3 is 10.6 Å². The normalized spacial score (nSPS) is 12.1. The van der Waals surface area contributed by atoms with Crippen LogP contribution in [-0.2, 0) is 4.79 Å². The quantitative estimate of drug-likeness (QED) is 0.569. The number of para-hydroxylation sites is 1. The number of rotatable bonds is 5. The molecule has 0 fully saturated rings. The van der Waals surface area contributed by atoms with Crippen molar-refractivity contribution in [3.8, 4) is 0 Å². The number of H-pyrrole nitrogens is 1. The van der Waals surface area contributed by atoms with Crippen LogP contribution in [0.25, 0.3) is 10.9 Å². The topological polar surface area (TPSA) is 86.9 Å². The van der Waals surface area contributed by atoms with Gasteiger partial charge in [-0.1, -0.05) is 18.2 Å². The summed E-state index contributed by atoms with van der Waals surface area (Å²) < 4.78 is 0. The van der Waals surface area contributed by atoms with E-state index in [0.29, 0.717) is 18.8 Å². The smallest absolute Gasteiger partial charge is 0.272 e. The van der Waals surface area contributed by atoms with Gasteiger partial charge in [0.05, 0.1) is 5.52 Å². The number of fused-ring (bicyclic) bond motifs is 1. The molecule has 0 aliphatic carbocycles. The minimum absolute atomic E-state index is 0.258. The van der Waals surface area contributed by atoms with Gasteiger partial charge in [0.2, 0.25) is 5.91 Å². The van der Waals surface area contributed by atoms with Crippen LogP contribution in [0.3, 0.4) is 0 Å². The average molecular weight is 295 g/mol. The number of hydrogen-bond donors (Lipinski definition) is 3. The molecule has 1 aromatic heterocycles. The maximum Gasteiger partial charge on any atom is 0.272 e. The molecule has 0 saturated heterocycles. The third-order valence-electron chi connectivity index (χ3n) is 2.76. The molecular weight excluding hydrogens is 280 g/mol. The Kier molecular flexibility index (Phi) is 4.57. The molecule has 2 rings (SSSR count). The van der Waals surface area contributed by atoms with E-state index < -0.39 is 5.38 Å². The van der Waals surface area contributed by atoms with Gasteiger partial charge in [0.15, 0.2) is 5.69 Å². The lowest BCUT2D eigenvalue weighted by atomic mass is 10.2.